The molecule has 1 aromatic heterocycles. The molecule has 0 spiro atoms. The molecule has 1 N–H and O–H groups in total. The molecule has 0 aromatic carbocycles. The van der Waals surface area contributed by atoms with E-state index in [0.29, 0.717) is 17.6 Å². The van der Waals surface area contributed by atoms with E-state index in [1.807, 2.05) is 6.92 Å². The Balaban J connectivity index is 1.82. The maximum Gasteiger partial charge on any atom is 0.224 e. The zero-order chi connectivity index (χ0) is 12.3. The van der Waals surface area contributed by atoms with E-state index in [2.05, 4.69) is 10.4 Å². The van der Waals surface area contributed by atoms with Crippen LogP contribution in [0.4, 0.5) is 0 Å². The van der Waals surface area contributed by atoms with Crippen LogP contribution in [0, 0.1) is 5.92 Å². The van der Waals surface area contributed by atoms with Crippen molar-refractivity contribution >= 4 is 17.5 Å². The average molecular weight is 256 g/mol. The molecule has 4 nitrogen and oxygen atoms in total. The van der Waals surface area contributed by atoms with Gasteiger partial charge in [-0.2, -0.15) is 5.10 Å². The van der Waals surface area contributed by atoms with E-state index >= 15 is 0 Å². The van der Waals surface area contributed by atoms with Crippen molar-refractivity contribution in [2.24, 2.45) is 5.92 Å². The highest BCUT2D eigenvalue weighted by molar-refractivity contribution is 6.30. The van der Waals surface area contributed by atoms with Crippen molar-refractivity contribution in [1.29, 1.82) is 0 Å². The van der Waals surface area contributed by atoms with Gasteiger partial charge < -0.3 is 5.32 Å². The van der Waals surface area contributed by atoms with Gasteiger partial charge in [-0.1, -0.05) is 31.4 Å². The molecule has 0 bridgehead atoms. The zero-order valence-electron chi connectivity index (χ0n) is 10.0. The van der Waals surface area contributed by atoms with E-state index in [9.17, 15) is 4.79 Å². The van der Waals surface area contributed by atoms with E-state index in [1.165, 1.54) is 12.8 Å². The first-order valence-corrected chi connectivity index (χ1v) is 6.51. The summed E-state index contributed by atoms with van der Waals surface area (Å²) in [6.45, 7) is 2.49. The normalized spacial score (nSPS) is 18.2. The highest BCUT2D eigenvalue weighted by atomic mass is 35.5. The summed E-state index contributed by atoms with van der Waals surface area (Å²) < 4.78 is 1.71. The van der Waals surface area contributed by atoms with Crippen LogP contribution in [0.5, 0.6) is 0 Å². The molecule has 94 valence electrons. The number of amides is 1. The summed E-state index contributed by atoms with van der Waals surface area (Å²) in [5.74, 6) is 0.0371. The average Bonchev–Trinajstić information content (AvgIpc) is 2.90. The number of aromatic nitrogens is 2. The van der Waals surface area contributed by atoms with Crippen LogP contribution < -0.4 is 5.32 Å². The van der Waals surface area contributed by atoms with Crippen LogP contribution in [-0.2, 0) is 11.3 Å². The van der Waals surface area contributed by atoms with Crippen LogP contribution >= 0.6 is 11.6 Å². The monoisotopic (exact) mass is 255 g/mol. The van der Waals surface area contributed by atoms with E-state index in [0.717, 1.165) is 12.8 Å². The molecule has 1 amide bonds. The number of carbonyl (C=O) groups is 1. The van der Waals surface area contributed by atoms with Crippen LogP contribution in [0.1, 0.15) is 32.6 Å². The van der Waals surface area contributed by atoms with Crippen LogP contribution in [0.3, 0.4) is 0 Å². The van der Waals surface area contributed by atoms with Gasteiger partial charge in [0.2, 0.25) is 5.91 Å². The van der Waals surface area contributed by atoms with Crippen molar-refractivity contribution in [3.63, 3.8) is 0 Å². The number of nitrogens with zero attached hydrogens (tertiary/aromatic N) is 2. The van der Waals surface area contributed by atoms with Crippen molar-refractivity contribution in [1.82, 2.24) is 15.1 Å². The molecule has 1 fully saturated rings. The van der Waals surface area contributed by atoms with Crippen molar-refractivity contribution < 1.29 is 4.79 Å². The number of hydrogen-bond acceptors (Lipinski definition) is 2. The van der Waals surface area contributed by atoms with Gasteiger partial charge in [-0.05, 0) is 12.8 Å². The van der Waals surface area contributed by atoms with Crippen molar-refractivity contribution in [2.75, 3.05) is 0 Å². The maximum absolute atomic E-state index is 11.9. The lowest BCUT2D eigenvalue weighted by Gasteiger charge is -2.16. The Morgan fingerprint density at radius 2 is 2.35 bits per heavy atom. The van der Waals surface area contributed by atoms with Gasteiger partial charge in [0.1, 0.15) is 0 Å². The Kier molecular flexibility index (Phi) is 4.05. The first-order chi connectivity index (χ1) is 8.15. The second-order valence-corrected chi connectivity index (χ2v) is 5.21. The number of rotatable bonds is 4. The smallest absolute Gasteiger partial charge is 0.224 e. The third-order valence-electron chi connectivity index (χ3n) is 3.21. The summed E-state index contributed by atoms with van der Waals surface area (Å²) in [6, 6.07) is 0.381. The fraction of sp³-hybridized carbons (Fsp3) is 0.667. The van der Waals surface area contributed by atoms with Gasteiger partial charge in [0.15, 0.2) is 0 Å². The van der Waals surface area contributed by atoms with Gasteiger partial charge in [0, 0.05) is 12.2 Å². The van der Waals surface area contributed by atoms with Crippen LogP contribution in [0.2, 0.25) is 5.02 Å². The maximum atomic E-state index is 11.9. The lowest BCUT2D eigenvalue weighted by Crippen LogP contribution is -2.37. The van der Waals surface area contributed by atoms with E-state index < -0.39 is 0 Å². The third kappa shape index (κ3) is 3.46. The Bertz CT molecular complexity index is 385. The molecule has 1 heterocycles. The van der Waals surface area contributed by atoms with Gasteiger partial charge in [-0.3, -0.25) is 9.48 Å². The summed E-state index contributed by atoms with van der Waals surface area (Å²) in [5.41, 5.74) is 0. The molecule has 1 aliphatic rings. The molecule has 17 heavy (non-hydrogen) atoms. The fourth-order valence-corrected chi connectivity index (χ4v) is 2.37. The van der Waals surface area contributed by atoms with Gasteiger partial charge in [-0.25, -0.2) is 0 Å². The molecule has 0 aliphatic heterocycles. The molecule has 1 atom stereocenters. The Morgan fingerprint density at radius 1 is 1.65 bits per heavy atom. The standard InChI is InChI=1S/C12H18ClN3O/c1-9(7-16-8-10(13)6-14-16)12(17)15-11-4-2-3-5-11/h6,8-9,11H,2-5,7H2,1H3,(H,15,17). The lowest BCUT2D eigenvalue weighted by molar-refractivity contribution is -0.125. The molecule has 1 unspecified atom stereocenters. The Morgan fingerprint density at radius 3 is 2.94 bits per heavy atom. The summed E-state index contributed by atoms with van der Waals surface area (Å²) in [5, 5.41) is 7.77. The van der Waals surface area contributed by atoms with Gasteiger partial charge in [0.05, 0.1) is 23.7 Å². The molecular formula is C12H18ClN3O. The topological polar surface area (TPSA) is 46.9 Å². The summed E-state index contributed by atoms with van der Waals surface area (Å²) >= 11 is 5.78. The highest BCUT2D eigenvalue weighted by Gasteiger charge is 2.20. The van der Waals surface area contributed by atoms with Crippen molar-refractivity contribution in [2.45, 2.75) is 45.2 Å². The van der Waals surface area contributed by atoms with Crippen LogP contribution in [-0.4, -0.2) is 21.7 Å². The number of hydrogen-bond donors (Lipinski definition) is 1. The molecule has 5 heteroatoms. The third-order valence-corrected chi connectivity index (χ3v) is 3.41. The molecule has 1 saturated carbocycles. The Hall–Kier alpha value is -1.03. The predicted octanol–water partition coefficient (Wildman–Crippen LogP) is 2.23. The summed E-state index contributed by atoms with van der Waals surface area (Å²) in [7, 11) is 0. The number of carbonyl (C=O) groups excluding carboxylic acids is 1. The van der Waals surface area contributed by atoms with Crippen molar-refractivity contribution in [3.05, 3.63) is 17.4 Å². The SMILES string of the molecule is CC(Cn1cc(Cl)cn1)C(=O)NC1CCCC1. The molecule has 0 saturated heterocycles. The zero-order valence-corrected chi connectivity index (χ0v) is 10.8. The van der Waals surface area contributed by atoms with Gasteiger partial charge in [-0.15, -0.1) is 0 Å². The quantitative estimate of drug-likeness (QED) is 0.897. The lowest BCUT2D eigenvalue weighted by atomic mass is 10.1. The Labute approximate surface area is 106 Å². The number of halogens is 1. The second-order valence-electron chi connectivity index (χ2n) is 4.77. The van der Waals surface area contributed by atoms with E-state index in [-0.39, 0.29) is 11.8 Å². The van der Waals surface area contributed by atoms with Crippen molar-refractivity contribution in [3.8, 4) is 0 Å². The largest absolute Gasteiger partial charge is 0.353 e. The number of nitrogens with one attached hydrogen (secondary N) is 1. The molecule has 0 radical (unpaired) electrons. The molecule has 2 rings (SSSR count). The van der Waals surface area contributed by atoms with Crippen LogP contribution in [0.25, 0.3) is 0 Å². The minimum Gasteiger partial charge on any atom is -0.353 e. The van der Waals surface area contributed by atoms with E-state index in [4.69, 9.17) is 11.6 Å². The molecule has 1 aromatic rings. The molecule has 1 aliphatic carbocycles. The van der Waals surface area contributed by atoms with Gasteiger partial charge >= 0.3 is 0 Å². The first kappa shape index (κ1) is 12.4. The summed E-state index contributed by atoms with van der Waals surface area (Å²) in [4.78, 5) is 11.9. The summed E-state index contributed by atoms with van der Waals surface area (Å²) in [6.07, 6.45) is 8.02. The van der Waals surface area contributed by atoms with E-state index in [1.54, 1.807) is 17.1 Å². The van der Waals surface area contributed by atoms with Gasteiger partial charge in [0.25, 0.3) is 0 Å². The fourth-order valence-electron chi connectivity index (χ4n) is 2.22. The first-order valence-electron chi connectivity index (χ1n) is 6.13. The predicted molar refractivity (Wildman–Crippen MR) is 66.8 cm³/mol. The minimum atomic E-state index is -0.0773. The minimum absolute atomic E-state index is 0.0773. The second kappa shape index (κ2) is 5.54. The highest BCUT2D eigenvalue weighted by Crippen LogP contribution is 2.18. The van der Waals surface area contributed by atoms with Crippen LogP contribution in [0.15, 0.2) is 12.4 Å². The molecular weight excluding hydrogens is 238 g/mol.